The molecule has 3 rings (SSSR count). The molecule has 3 aromatic rings. The quantitative estimate of drug-likeness (QED) is 0.723. The highest BCUT2D eigenvalue weighted by Gasteiger charge is 2.13. The monoisotopic (exact) mass is 325 g/mol. The number of aromatic nitrogens is 4. The van der Waals surface area contributed by atoms with Crippen LogP contribution in [0.15, 0.2) is 30.5 Å². The fourth-order valence-electron chi connectivity index (χ4n) is 2.20. The zero-order chi connectivity index (χ0) is 17.1. The van der Waals surface area contributed by atoms with Crippen molar-refractivity contribution in [2.75, 3.05) is 19.5 Å². The third kappa shape index (κ3) is 2.94. The molecule has 0 aliphatic rings. The average molecular weight is 325 g/mol. The number of carbonyl (C=O) groups is 1. The van der Waals surface area contributed by atoms with E-state index in [4.69, 9.17) is 15.2 Å². The number of nitrogens with two attached hydrogens (primary N) is 1. The Morgan fingerprint density at radius 2 is 2.08 bits per heavy atom. The maximum atomic E-state index is 11.7. The number of benzene rings is 1. The van der Waals surface area contributed by atoms with E-state index in [-0.39, 0.29) is 11.8 Å². The Bertz CT molecular complexity index is 913. The highest BCUT2D eigenvalue weighted by molar-refractivity contribution is 5.91. The highest BCUT2D eigenvalue weighted by atomic mass is 16.5. The minimum absolute atomic E-state index is 0.0701. The first kappa shape index (κ1) is 15.6. The van der Waals surface area contributed by atoms with Gasteiger partial charge in [-0.3, -0.25) is 0 Å². The number of hydrogen-bond acceptors (Lipinski definition) is 8. The molecule has 8 nitrogen and oxygen atoms in total. The molecule has 0 aliphatic carbocycles. The number of rotatable bonds is 4. The van der Waals surface area contributed by atoms with Gasteiger partial charge in [-0.1, -0.05) is 12.1 Å². The molecule has 8 heteroatoms. The third-order valence-corrected chi connectivity index (χ3v) is 3.25. The molecule has 2 N–H and O–H groups in total. The van der Waals surface area contributed by atoms with Crippen molar-refractivity contribution in [2.45, 2.75) is 6.92 Å². The molecule has 0 radical (unpaired) electrons. The number of fused-ring (bicyclic) bond motifs is 1. The van der Waals surface area contributed by atoms with Crippen LogP contribution in [0, 0.1) is 0 Å². The number of hydrogen-bond donors (Lipinski definition) is 1. The molecule has 0 unspecified atom stereocenters. The van der Waals surface area contributed by atoms with Crippen LogP contribution in [0.25, 0.3) is 22.4 Å². The Balaban J connectivity index is 2.12. The van der Waals surface area contributed by atoms with Crippen molar-refractivity contribution in [3.05, 3.63) is 36.0 Å². The summed E-state index contributed by atoms with van der Waals surface area (Å²) in [6.07, 6.45) is 1.56. The molecule has 2 aromatic heterocycles. The molecule has 0 fully saturated rings. The van der Waals surface area contributed by atoms with Crippen LogP contribution >= 0.6 is 0 Å². The Morgan fingerprint density at radius 3 is 2.83 bits per heavy atom. The summed E-state index contributed by atoms with van der Waals surface area (Å²) < 4.78 is 10.2. The Labute approximate surface area is 137 Å². The molecule has 24 heavy (non-hydrogen) atoms. The number of methoxy groups -OCH3 is 1. The highest BCUT2D eigenvalue weighted by Crippen LogP contribution is 2.24. The second-order valence-corrected chi connectivity index (χ2v) is 4.82. The van der Waals surface area contributed by atoms with Crippen LogP contribution in [0.4, 0.5) is 5.95 Å². The van der Waals surface area contributed by atoms with Crippen LogP contribution < -0.4 is 10.5 Å². The van der Waals surface area contributed by atoms with Crippen molar-refractivity contribution < 1.29 is 14.3 Å². The van der Waals surface area contributed by atoms with E-state index in [2.05, 4.69) is 19.9 Å². The van der Waals surface area contributed by atoms with Crippen molar-refractivity contribution in [3.8, 4) is 17.1 Å². The number of nitrogens with zero attached hydrogens (tertiary/aromatic N) is 4. The molecule has 0 bridgehead atoms. The summed E-state index contributed by atoms with van der Waals surface area (Å²) in [6, 6.07) is 6.91. The zero-order valence-electron chi connectivity index (χ0n) is 13.2. The third-order valence-electron chi connectivity index (χ3n) is 3.25. The smallest absolute Gasteiger partial charge is 0.337 e. The van der Waals surface area contributed by atoms with Crippen LogP contribution in [0.2, 0.25) is 0 Å². The molecule has 0 amide bonds. The Morgan fingerprint density at radius 1 is 1.25 bits per heavy atom. The van der Waals surface area contributed by atoms with Gasteiger partial charge in [-0.15, -0.1) is 0 Å². The zero-order valence-corrected chi connectivity index (χ0v) is 13.2. The average Bonchev–Trinajstić information content (AvgIpc) is 2.61. The van der Waals surface area contributed by atoms with E-state index in [1.54, 1.807) is 24.4 Å². The molecular weight excluding hydrogens is 310 g/mol. The molecule has 0 saturated heterocycles. The van der Waals surface area contributed by atoms with Gasteiger partial charge < -0.3 is 15.2 Å². The van der Waals surface area contributed by atoms with Gasteiger partial charge in [0.1, 0.15) is 0 Å². The van der Waals surface area contributed by atoms with Gasteiger partial charge in [-0.25, -0.2) is 14.8 Å². The number of carbonyl (C=O) groups excluding carboxylic acids is 1. The normalized spacial score (nSPS) is 10.6. The number of anilines is 1. The van der Waals surface area contributed by atoms with E-state index in [0.717, 1.165) is 0 Å². The molecule has 2 heterocycles. The molecular formula is C16H15N5O3. The van der Waals surface area contributed by atoms with E-state index in [1.165, 1.54) is 7.11 Å². The first-order valence-corrected chi connectivity index (χ1v) is 7.24. The van der Waals surface area contributed by atoms with Gasteiger partial charge in [-0.05, 0) is 19.1 Å². The lowest BCUT2D eigenvalue weighted by atomic mass is 10.1. The lowest BCUT2D eigenvalue weighted by Crippen LogP contribution is -2.04. The van der Waals surface area contributed by atoms with Gasteiger partial charge in [0.05, 0.1) is 31.2 Å². The summed E-state index contributed by atoms with van der Waals surface area (Å²) in [7, 11) is 1.33. The summed E-state index contributed by atoms with van der Waals surface area (Å²) in [5.74, 6) is -0.0733. The van der Waals surface area contributed by atoms with Crippen LogP contribution in [0.5, 0.6) is 5.88 Å². The second-order valence-electron chi connectivity index (χ2n) is 4.82. The topological polar surface area (TPSA) is 113 Å². The Kier molecular flexibility index (Phi) is 4.19. The molecule has 0 saturated carbocycles. The van der Waals surface area contributed by atoms with Crippen LogP contribution in [-0.4, -0.2) is 39.6 Å². The van der Waals surface area contributed by atoms with Gasteiger partial charge in [0, 0.05) is 5.56 Å². The fourth-order valence-corrected chi connectivity index (χ4v) is 2.20. The summed E-state index contributed by atoms with van der Waals surface area (Å²) in [5.41, 5.74) is 8.11. The summed E-state index contributed by atoms with van der Waals surface area (Å²) in [6.45, 7) is 2.25. The fraction of sp³-hybridized carbons (Fsp3) is 0.188. The second kappa shape index (κ2) is 6.45. The van der Waals surface area contributed by atoms with Crippen molar-refractivity contribution >= 4 is 23.1 Å². The minimum Gasteiger partial charge on any atom is -0.476 e. The largest absolute Gasteiger partial charge is 0.476 e. The predicted octanol–water partition coefficient (Wildman–Crippen LogP) is 1.85. The van der Waals surface area contributed by atoms with E-state index in [1.807, 2.05) is 13.0 Å². The SMILES string of the molecule is CCOc1nc(N)nc2ncc(-c3cccc(C(=O)OC)c3)nc12. The van der Waals surface area contributed by atoms with Crippen molar-refractivity contribution in [1.29, 1.82) is 0 Å². The lowest BCUT2D eigenvalue weighted by Gasteiger charge is -2.08. The summed E-state index contributed by atoms with van der Waals surface area (Å²) in [5, 5.41) is 0. The van der Waals surface area contributed by atoms with Crippen molar-refractivity contribution in [1.82, 2.24) is 19.9 Å². The van der Waals surface area contributed by atoms with Crippen LogP contribution in [0.1, 0.15) is 17.3 Å². The van der Waals surface area contributed by atoms with Gasteiger partial charge in [-0.2, -0.15) is 9.97 Å². The standard InChI is InChI=1S/C16H15N5O3/c1-3-24-14-12-13(20-16(17)21-14)18-8-11(19-12)9-5-4-6-10(7-9)15(22)23-2/h4-8H,3H2,1-2H3,(H2,17,18,20,21). The predicted molar refractivity (Wildman–Crippen MR) is 87.5 cm³/mol. The molecule has 0 atom stereocenters. The first-order chi connectivity index (χ1) is 11.6. The van der Waals surface area contributed by atoms with E-state index in [9.17, 15) is 4.79 Å². The lowest BCUT2D eigenvalue weighted by molar-refractivity contribution is 0.0601. The molecule has 0 spiro atoms. The van der Waals surface area contributed by atoms with E-state index < -0.39 is 5.97 Å². The van der Waals surface area contributed by atoms with E-state index >= 15 is 0 Å². The van der Waals surface area contributed by atoms with Gasteiger partial charge in [0.15, 0.2) is 11.2 Å². The summed E-state index contributed by atoms with van der Waals surface area (Å²) >= 11 is 0. The summed E-state index contributed by atoms with van der Waals surface area (Å²) in [4.78, 5) is 28.6. The molecule has 0 aliphatic heterocycles. The van der Waals surface area contributed by atoms with Crippen molar-refractivity contribution in [2.24, 2.45) is 0 Å². The first-order valence-electron chi connectivity index (χ1n) is 7.24. The van der Waals surface area contributed by atoms with E-state index in [0.29, 0.717) is 34.6 Å². The molecule has 1 aromatic carbocycles. The van der Waals surface area contributed by atoms with Crippen molar-refractivity contribution in [3.63, 3.8) is 0 Å². The molecule has 122 valence electrons. The van der Waals surface area contributed by atoms with Gasteiger partial charge >= 0.3 is 5.97 Å². The number of ether oxygens (including phenoxy) is 2. The van der Waals surface area contributed by atoms with Gasteiger partial charge in [0.2, 0.25) is 11.8 Å². The van der Waals surface area contributed by atoms with Crippen LogP contribution in [-0.2, 0) is 4.74 Å². The maximum Gasteiger partial charge on any atom is 0.337 e. The Hall–Kier alpha value is -3.29. The number of esters is 1. The van der Waals surface area contributed by atoms with Crippen LogP contribution in [0.3, 0.4) is 0 Å². The minimum atomic E-state index is -0.420. The van der Waals surface area contributed by atoms with Gasteiger partial charge in [0.25, 0.3) is 0 Å². The maximum absolute atomic E-state index is 11.7. The number of nitrogen functional groups attached to an aromatic ring is 1.